The Hall–Kier alpha value is -0.570. The van der Waals surface area contributed by atoms with E-state index >= 15 is 0 Å². The molecule has 1 N–H and O–H groups in total. The molecule has 0 amide bonds. The Kier molecular flexibility index (Phi) is 22.9. The fourth-order valence-corrected chi connectivity index (χ4v) is 2.98. The summed E-state index contributed by atoms with van der Waals surface area (Å²) in [7, 11) is 2.32. The Bertz CT molecular complexity index is 265. The average molecular weight is 358 g/mol. The maximum atomic E-state index is 9.00. The molecule has 0 aliphatic rings. The number of carboxylic acid groups (broad SMARTS) is 1. The summed E-state index contributed by atoms with van der Waals surface area (Å²) in [5.41, 5.74) is 0. The molecule has 3 nitrogen and oxygen atoms in total. The van der Waals surface area contributed by atoms with E-state index in [0.29, 0.717) is 0 Å². The summed E-state index contributed by atoms with van der Waals surface area (Å²) in [6, 6.07) is 0.774. The van der Waals surface area contributed by atoms with Gasteiger partial charge in [0, 0.05) is 13.0 Å². The molecule has 0 rings (SSSR count). The summed E-state index contributed by atoms with van der Waals surface area (Å²) >= 11 is 0. The minimum absolute atomic E-state index is 0.774. The van der Waals surface area contributed by atoms with Crippen molar-refractivity contribution in [3.63, 3.8) is 0 Å². The highest BCUT2D eigenvalue weighted by Crippen LogP contribution is 2.13. The zero-order valence-electron chi connectivity index (χ0n) is 18.0. The van der Waals surface area contributed by atoms with Crippen LogP contribution in [0.5, 0.6) is 0 Å². The molecule has 0 heterocycles. The van der Waals surface area contributed by atoms with Gasteiger partial charge >= 0.3 is 0 Å². The third-order valence-electron chi connectivity index (χ3n) is 4.84. The molecule has 1 unspecified atom stereocenters. The van der Waals surface area contributed by atoms with Crippen molar-refractivity contribution in [2.24, 2.45) is 0 Å². The van der Waals surface area contributed by atoms with Crippen molar-refractivity contribution in [3.8, 4) is 0 Å². The van der Waals surface area contributed by atoms with Gasteiger partial charge < -0.3 is 10.0 Å². The van der Waals surface area contributed by atoms with Gasteiger partial charge in [0.2, 0.25) is 0 Å². The van der Waals surface area contributed by atoms with Crippen molar-refractivity contribution in [1.82, 2.24) is 4.90 Å². The monoisotopic (exact) mass is 357 g/mol. The van der Waals surface area contributed by atoms with Crippen molar-refractivity contribution in [1.29, 1.82) is 0 Å². The van der Waals surface area contributed by atoms with Gasteiger partial charge in [-0.15, -0.1) is 0 Å². The molecule has 0 fully saturated rings. The molecule has 152 valence electrons. The largest absolute Gasteiger partial charge is 0.481 e. The molecule has 0 aromatic heterocycles. The Morgan fingerprint density at radius 2 is 1.16 bits per heavy atom. The van der Waals surface area contributed by atoms with Crippen LogP contribution in [0.25, 0.3) is 0 Å². The van der Waals surface area contributed by atoms with Crippen LogP contribution in [-0.4, -0.2) is 35.6 Å². The lowest BCUT2D eigenvalue weighted by atomic mass is 10.0. The molecule has 25 heavy (non-hydrogen) atoms. The third kappa shape index (κ3) is 25.8. The van der Waals surface area contributed by atoms with Gasteiger partial charge in [0.25, 0.3) is 5.97 Å². The van der Waals surface area contributed by atoms with Gasteiger partial charge in [-0.1, -0.05) is 90.9 Å². The topological polar surface area (TPSA) is 40.5 Å². The molecule has 0 bridgehead atoms. The van der Waals surface area contributed by atoms with Crippen LogP contribution in [0.4, 0.5) is 0 Å². The second-order valence-electron chi connectivity index (χ2n) is 7.53. The van der Waals surface area contributed by atoms with E-state index in [1.807, 2.05) is 0 Å². The highest BCUT2D eigenvalue weighted by atomic mass is 16.4. The predicted molar refractivity (Wildman–Crippen MR) is 111 cm³/mol. The van der Waals surface area contributed by atoms with Crippen LogP contribution >= 0.6 is 0 Å². The van der Waals surface area contributed by atoms with E-state index in [-0.39, 0.29) is 0 Å². The van der Waals surface area contributed by atoms with Gasteiger partial charge in [0.15, 0.2) is 0 Å². The lowest BCUT2D eigenvalue weighted by Gasteiger charge is -2.24. The SMILES string of the molecule is CC(=O)O.CCCCCCCCCC(C)N(C)CCCCCCCC. The number of unbranched alkanes of at least 4 members (excludes halogenated alkanes) is 11. The molecule has 0 aromatic rings. The Morgan fingerprint density at radius 3 is 1.60 bits per heavy atom. The van der Waals surface area contributed by atoms with Crippen LogP contribution in [0.15, 0.2) is 0 Å². The zero-order chi connectivity index (χ0) is 19.3. The van der Waals surface area contributed by atoms with Crippen LogP contribution in [0.2, 0.25) is 0 Å². The first kappa shape index (κ1) is 26.7. The first-order valence-corrected chi connectivity index (χ1v) is 10.8. The number of rotatable bonds is 16. The highest BCUT2D eigenvalue weighted by Gasteiger charge is 2.08. The van der Waals surface area contributed by atoms with Gasteiger partial charge in [-0.05, 0) is 33.4 Å². The Balaban J connectivity index is 0. The van der Waals surface area contributed by atoms with Gasteiger partial charge in [-0.2, -0.15) is 0 Å². The number of aliphatic carboxylic acids is 1. The van der Waals surface area contributed by atoms with Gasteiger partial charge in [0.05, 0.1) is 0 Å². The number of nitrogens with zero attached hydrogens (tertiary/aromatic N) is 1. The lowest BCUT2D eigenvalue weighted by molar-refractivity contribution is -0.134. The van der Waals surface area contributed by atoms with Crippen molar-refractivity contribution >= 4 is 5.97 Å². The fourth-order valence-electron chi connectivity index (χ4n) is 2.98. The van der Waals surface area contributed by atoms with Crippen molar-refractivity contribution < 1.29 is 9.90 Å². The fraction of sp³-hybridized carbons (Fsp3) is 0.955. The second kappa shape index (κ2) is 21.5. The van der Waals surface area contributed by atoms with E-state index in [2.05, 4.69) is 32.7 Å². The summed E-state index contributed by atoms with van der Waals surface area (Å²) in [4.78, 5) is 11.6. The molecule has 1 atom stereocenters. The summed E-state index contributed by atoms with van der Waals surface area (Å²) in [6.45, 7) is 9.37. The van der Waals surface area contributed by atoms with E-state index in [1.54, 1.807) is 0 Å². The quantitative estimate of drug-likeness (QED) is 0.305. The van der Waals surface area contributed by atoms with Crippen molar-refractivity contribution in [3.05, 3.63) is 0 Å². The summed E-state index contributed by atoms with van der Waals surface area (Å²) in [5.74, 6) is -0.833. The molecule has 0 aliphatic heterocycles. The predicted octanol–water partition coefficient (Wildman–Crippen LogP) is 6.90. The van der Waals surface area contributed by atoms with E-state index < -0.39 is 5.97 Å². The van der Waals surface area contributed by atoms with Crippen molar-refractivity contribution in [2.75, 3.05) is 13.6 Å². The molecule has 0 spiro atoms. The van der Waals surface area contributed by atoms with E-state index in [9.17, 15) is 0 Å². The number of carboxylic acids is 1. The highest BCUT2D eigenvalue weighted by molar-refractivity contribution is 5.62. The molecule has 0 saturated heterocycles. The molecule has 0 saturated carbocycles. The molecule has 3 heteroatoms. The molecule has 0 aliphatic carbocycles. The maximum absolute atomic E-state index is 9.00. The second-order valence-corrected chi connectivity index (χ2v) is 7.53. The zero-order valence-corrected chi connectivity index (χ0v) is 18.0. The maximum Gasteiger partial charge on any atom is 0.300 e. The number of hydrogen-bond acceptors (Lipinski definition) is 2. The van der Waals surface area contributed by atoms with Crippen LogP contribution in [0, 0.1) is 0 Å². The minimum atomic E-state index is -0.833. The Morgan fingerprint density at radius 1 is 0.800 bits per heavy atom. The normalized spacial score (nSPS) is 11.9. The third-order valence-corrected chi connectivity index (χ3v) is 4.84. The summed E-state index contributed by atoms with van der Waals surface area (Å²) in [5, 5.41) is 7.42. The molecular formula is C22H47NO2. The summed E-state index contributed by atoms with van der Waals surface area (Å²) in [6.07, 6.45) is 19.9. The van der Waals surface area contributed by atoms with E-state index in [0.717, 1.165) is 13.0 Å². The number of carbonyl (C=O) groups is 1. The van der Waals surface area contributed by atoms with Gasteiger partial charge in [-0.3, -0.25) is 4.79 Å². The smallest absolute Gasteiger partial charge is 0.300 e. The Labute approximate surface area is 158 Å². The summed E-state index contributed by atoms with van der Waals surface area (Å²) < 4.78 is 0. The molecular weight excluding hydrogens is 310 g/mol. The van der Waals surface area contributed by atoms with E-state index in [1.165, 1.54) is 96.4 Å². The van der Waals surface area contributed by atoms with Crippen LogP contribution in [-0.2, 0) is 4.79 Å². The number of hydrogen-bond donors (Lipinski definition) is 1. The first-order chi connectivity index (χ1) is 12.0. The molecule has 0 aromatic carbocycles. The van der Waals surface area contributed by atoms with Crippen LogP contribution in [0.1, 0.15) is 118 Å². The molecule has 0 radical (unpaired) electrons. The van der Waals surface area contributed by atoms with Crippen molar-refractivity contribution in [2.45, 2.75) is 124 Å². The van der Waals surface area contributed by atoms with Gasteiger partial charge in [0.1, 0.15) is 0 Å². The van der Waals surface area contributed by atoms with E-state index in [4.69, 9.17) is 9.90 Å². The standard InChI is InChI=1S/C20H43N.C2H4O2/c1-5-7-9-11-13-14-16-18-20(3)21(4)19-17-15-12-10-8-6-2;1-2(3)4/h20H,5-19H2,1-4H3;1H3,(H,3,4). The van der Waals surface area contributed by atoms with Gasteiger partial charge in [-0.25, -0.2) is 0 Å². The van der Waals surface area contributed by atoms with Crippen LogP contribution < -0.4 is 0 Å². The average Bonchev–Trinajstić information content (AvgIpc) is 2.56. The minimum Gasteiger partial charge on any atom is -0.481 e. The lowest BCUT2D eigenvalue weighted by Crippen LogP contribution is -2.29. The van der Waals surface area contributed by atoms with Crippen LogP contribution in [0.3, 0.4) is 0 Å². The first-order valence-electron chi connectivity index (χ1n) is 10.8.